The van der Waals surface area contributed by atoms with E-state index in [1.54, 1.807) is 11.3 Å². The zero-order valence-corrected chi connectivity index (χ0v) is 10.4. The zero-order chi connectivity index (χ0) is 11.1. The van der Waals surface area contributed by atoms with E-state index in [0.29, 0.717) is 0 Å². The van der Waals surface area contributed by atoms with Crippen molar-refractivity contribution >= 4 is 11.3 Å². The second-order valence-corrected chi connectivity index (χ2v) is 5.01. The molecule has 2 N–H and O–H groups in total. The van der Waals surface area contributed by atoms with Crippen LogP contribution in [0.2, 0.25) is 0 Å². The molecule has 0 saturated heterocycles. The number of hydrogen-bond donors (Lipinski definition) is 2. The molecule has 0 aliphatic heterocycles. The lowest BCUT2D eigenvalue weighted by Gasteiger charge is -2.31. The summed E-state index contributed by atoms with van der Waals surface area (Å²) in [6, 6.07) is 4.19. The highest BCUT2D eigenvalue weighted by Gasteiger charge is 2.25. The van der Waals surface area contributed by atoms with Gasteiger partial charge in [-0.3, -0.25) is 0 Å². The van der Waals surface area contributed by atoms with E-state index in [1.807, 2.05) is 0 Å². The lowest BCUT2D eigenvalue weighted by molar-refractivity contribution is 0.144. The fourth-order valence-electron chi connectivity index (χ4n) is 1.80. The van der Waals surface area contributed by atoms with E-state index in [1.165, 1.54) is 4.88 Å². The molecule has 0 radical (unpaired) electrons. The molecule has 2 nitrogen and oxygen atoms in total. The molecule has 86 valence electrons. The first-order valence-electron chi connectivity index (χ1n) is 5.64. The van der Waals surface area contributed by atoms with Crippen molar-refractivity contribution in [1.29, 1.82) is 0 Å². The fraction of sp³-hybridized carbons (Fsp3) is 0.667. The minimum atomic E-state index is -0.0846. The van der Waals surface area contributed by atoms with E-state index in [0.717, 1.165) is 25.8 Å². The normalized spacial score (nSPS) is 15.1. The quantitative estimate of drug-likeness (QED) is 0.750. The van der Waals surface area contributed by atoms with Gasteiger partial charge in [-0.05, 0) is 24.3 Å². The van der Waals surface area contributed by atoms with Gasteiger partial charge in [-0.2, -0.15) is 0 Å². The van der Waals surface area contributed by atoms with Crippen molar-refractivity contribution in [3.8, 4) is 0 Å². The van der Waals surface area contributed by atoms with Crippen LogP contribution in [0.25, 0.3) is 0 Å². The number of rotatable bonds is 7. The maximum Gasteiger partial charge on any atom is 0.0613 e. The first kappa shape index (κ1) is 12.7. The second kappa shape index (κ2) is 6.26. The van der Waals surface area contributed by atoms with Crippen LogP contribution in [0.3, 0.4) is 0 Å². The molecule has 0 fully saturated rings. The van der Waals surface area contributed by atoms with Crippen LogP contribution in [0.15, 0.2) is 17.5 Å². The van der Waals surface area contributed by atoms with Gasteiger partial charge in [0.25, 0.3) is 0 Å². The molecule has 0 saturated carbocycles. The first-order chi connectivity index (χ1) is 7.26. The third kappa shape index (κ3) is 3.59. The average Bonchev–Trinajstić information content (AvgIpc) is 2.77. The van der Waals surface area contributed by atoms with Gasteiger partial charge in [0.2, 0.25) is 0 Å². The van der Waals surface area contributed by atoms with Gasteiger partial charge in [0.15, 0.2) is 0 Å². The largest absolute Gasteiger partial charge is 0.394 e. The van der Waals surface area contributed by atoms with E-state index >= 15 is 0 Å². The van der Waals surface area contributed by atoms with Gasteiger partial charge in [-0.1, -0.05) is 26.3 Å². The lowest BCUT2D eigenvalue weighted by Crippen LogP contribution is -2.47. The average molecular weight is 227 g/mol. The molecular formula is C12H21NOS. The van der Waals surface area contributed by atoms with Crippen molar-refractivity contribution in [2.24, 2.45) is 0 Å². The summed E-state index contributed by atoms with van der Waals surface area (Å²) >= 11 is 1.76. The van der Waals surface area contributed by atoms with Gasteiger partial charge >= 0.3 is 0 Å². The van der Waals surface area contributed by atoms with E-state index in [-0.39, 0.29) is 12.1 Å². The van der Waals surface area contributed by atoms with Gasteiger partial charge in [0.1, 0.15) is 0 Å². The Hall–Kier alpha value is -0.380. The summed E-state index contributed by atoms with van der Waals surface area (Å²) < 4.78 is 0. The predicted octanol–water partition coefficient (Wildman–Crippen LogP) is 2.78. The van der Waals surface area contributed by atoms with Crippen LogP contribution < -0.4 is 5.32 Å². The molecule has 1 aromatic heterocycles. The van der Waals surface area contributed by atoms with Crippen molar-refractivity contribution in [2.75, 3.05) is 6.61 Å². The minimum absolute atomic E-state index is 0.0846. The van der Waals surface area contributed by atoms with Crippen LogP contribution in [0, 0.1) is 0 Å². The number of hydrogen-bond acceptors (Lipinski definition) is 3. The molecule has 0 aliphatic rings. The minimum Gasteiger partial charge on any atom is -0.394 e. The molecule has 1 atom stereocenters. The van der Waals surface area contributed by atoms with Crippen LogP contribution in [0.5, 0.6) is 0 Å². The summed E-state index contributed by atoms with van der Waals surface area (Å²) in [5.74, 6) is 0. The highest BCUT2D eigenvalue weighted by Crippen LogP contribution is 2.18. The smallest absolute Gasteiger partial charge is 0.0613 e. The number of nitrogens with one attached hydrogen (secondary N) is 1. The standard InChI is InChI=1S/C12H21NOS/c1-3-7-12(4-2,10-14)13-9-11-6-5-8-15-11/h5-6,8,13-14H,3-4,7,9-10H2,1-2H3. The van der Waals surface area contributed by atoms with Crippen LogP contribution in [0.4, 0.5) is 0 Å². The van der Waals surface area contributed by atoms with Crippen LogP contribution in [-0.4, -0.2) is 17.3 Å². The lowest BCUT2D eigenvalue weighted by atomic mass is 9.91. The molecule has 0 aromatic carbocycles. The number of thiophene rings is 1. The molecular weight excluding hydrogens is 206 g/mol. The summed E-state index contributed by atoms with van der Waals surface area (Å²) in [4.78, 5) is 1.33. The topological polar surface area (TPSA) is 32.3 Å². The molecule has 0 aliphatic carbocycles. The Bertz CT molecular complexity index is 255. The molecule has 0 spiro atoms. The first-order valence-corrected chi connectivity index (χ1v) is 6.52. The van der Waals surface area contributed by atoms with Crippen molar-refractivity contribution in [2.45, 2.75) is 45.2 Å². The Kier molecular flexibility index (Phi) is 5.29. The van der Waals surface area contributed by atoms with Gasteiger partial charge in [0.05, 0.1) is 6.61 Å². The van der Waals surface area contributed by atoms with E-state index in [2.05, 4.69) is 36.7 Å². The predicted molar refractivity (Wildman–Crippen MR) is 66.2 cm³/mol. The fourth-order valence-corrected chi connectivity index (χ4v) is 2.45. The molecule has 1 heterocycles. The zero-order valence-electron chi connectivity index (χ0n) is 9.62. The Morgan fingerprint density at radius 2 is 2.27 bits per heavy atom. The summed E-state index contributed by atoms with van der Waals surface area (Å²) in [6.45, 7) is 5.38. The summed E-state index contributed by atoms with van der Waals surface area (Å²) in [5.41, 5.74) is -0.0846. The molecule has 15 heavy (non-hydrogen) atoms. The van der Waals surface area contributed by atoms with Crippen LogP contribution in [-0.2, 0) is 6.54 Å². The van der Waals surface area contributed by atoms with Crippen LogP contribution in [0.1, 0.15) is 38.0 Å². The van der Waals surface area contributed by atoms with Crippen molar-refractivity contribution in [1.82, 2.24) is 5.32 Å². The Labute approximate surface area is 96.3 Å². The number of aliphatic hydroxyl groups excluding tert-OH is 1. The molecule has 1 unspecified atom stereocenters. The van der Waals surface area contributed by atoms with Gasteiger partial charge < -0.3 is 10.4 Å². The third-order valence-corrected chi connectivity index (χ3v) is 3.80. The van der Waals surface area contributed by atoms with E-state index < -0.39 is 0 Å². The number of aliphatic hydroxyl groups is 1. The maximum absolute atomic E-state index is 9.48. The van der Waals surface area contributed by atoms with Crippen molar-refractivity contribution in [3.05, 3.63) is 22.4 Å². The van der Waals surface area contributed by atoms with E-state index in [4.69, 9.17) is 0 Å². The Morgan fingerprint density at radius 3 is 2.73 bits per heavy atom. The second-order valence-electron chi connectivity index (χ2n) is 3.97. The van der Waals surface area contributed by atoms with Gasteiger partial charge in [-0.25, -0.2) is 0 Å². The molecule has 1 rings (SSSR count). The monoisotopic (exact) mass is 227 g/mol. The highest BCUT2D eigenvalue weighted by molar-refractivity contribution is 7.09. The third-order valence-electron chi connectivity index (χ3n) is 2.93. The summed E-state index contributed by atoms with van der Waals surface area (Å²) in [5, 5.41) is 15.1. The maximum atomic E-state index is 9.48. The van der Waals surface area contributed by atoms with Gasteiger partial charge in [0, 0.05) is 17.0 Å². The molecule has 0 bridgehead atoms. The molecule has 0 amide bonds. The van der Waals surface area contributed by atoms with Gasteiger partial charge in [-0.15, -0.1) is 11.3 Å². The van der Waals surface area contributed by atoms with Crippen LogP contribution >= 0.6 is 11.3 Å². The SMILES string of the molecule is CCCC(CC)(CO)NCc1cccs1. The summed E-state index contributed by atoms with van der Waals surface area (Å²) in [7, 11) is 0. The molecule has 3 heteroatoms. The van der Waals surface area contributed by atoms with Crippen molar-refractivity contribution in [3.63, 3.8) is 0 Å². The highest BCUT2D eigenvalue weighted by atomic mass is 32.1. The summed E-state index contributed by atoms with van der Waals surface area (Å²) in [6.07, 6.45) is 3.11. The molecule has 1 aromatic rings. The Morgan fingerprint density at radius 1 is 1.47 bits per heavy atom. The van der Waals surface area contributed by atoms with Crippen molar-refractivity contribution < 1.29 is 5.11 Å². The Balaban J connectivity index is 2.50. The van der Waals surface area contributed by atoms with E-state index in [9.17, 15) is 5.11 Å².